The normalized spacial score (nSPS) is 10.8. The predicted octanol–water partition coefficient (Wildman–Crippen LogP) is 2.45. The van der Waals surface area contributed by atoms with Gasteiger partial charge in [0, 0.05) is 26.0 Å². The second kappa shape index (κ2) is 8.16. The van der Waals surface area contributed by atoms with Gasteiger partial charge < -0.3 is 10.5 Å². The molecule has 0 saturated heterocycles. The first-order valence-electron chi connectivity index (χ1n) is 6.19. The Labute approximate surface area is 97.8 Å². The van der Waals surface area contributed by atoms with Gasteiger partial charge in [0.15, 0.2) is 0 Å². The van der Waals surface area contributed by atoms with Crippen molar-refractivity contribution < 1.29 is 4.74 Å². The molecular formula is C12H23N3O. The molecule has 1 aromatic rings. The number of nitrogens with two attached hydrogens (primary N) is 1. The summed E-state index contributed by atoms with van der Waals surface area (Å²) in [5.41, 5.74) is 5.51. The Morgan fingerprint density at radius 2 is 2.06 bits per heavy atom. The maximum Gasteiger partial charge on any atom is 0.145 e. The van der Waals surface area contributed by atoms with Gasteiger partial charge in [0.05, 0.1) is 0 Å². The molecule has 16 heavy (non-hydrogen) atoms. The molecule has 0 bridgehead atoms. The highest BCUT2D eigenvalue weighted by Crippen LogP contribution is 2.00. The lowest BCUT2D eigenvalue weighted by atomic mass is 10.2. The van der Waals surface area contributed by atoms with E-state index in [0.717, 1.165) is 26.2 Å². The average molecular weight is 225 g/mol. The number of hydrogen-bond acceptors (Lipinski definition) is 3. The summed E-state index contributed by atoms with van der Waals surface area (Å²) in [7, 11) is 0. The van der Waals surface area contributed by atoms with Gasteiger partial charge in [0.2, 0.25) is 0 Å². The molecule has 2 N–H and O–H groups in total. The number of rotatable bonds is 9. The van der Waals surface area contributed by atoms with E-state index in [0.29, 0.717) is 5.82 Å². The molecule has 0 aliphatic carbocycles. The molecule has 0 spiro atoms. The summed E-state index contributed by atoms with van der Waals surface area (Å²) in [6, 6.07) is 1.81. The Morgan fingerprint density at radius 3 is 2.75 bits per heavy atom. The summed E-state index contributed by atoms with van der Waals surface area (Å²) in [4.78, 5) is 0. The van der Waals surface area contributed by atoms with Crippen LogP contribution in [0.3, 0.4) is 0 Å². The molecule has 0 aliphatic heterocycles. The van der Waals surface area contributed by atoms with E-state index < -0.39 is 0 Å². The van der Waals surface area contributed by atoms with Crippen LogP contribution in [0.2, 0.25) is 0 Å². The topological polar surface area (TPSA) is 53.1 Å². The highest BCUT2D eigenvalue weighted by atomic mass is 16.5. The number of anilines is 1. The first-order valence-corrected chi connectivity index (χ1v) is 6.19. The van der Waals surface area contributed by atoms with Crippen LogP contribution < -0.4 is 5.73 Å². The van der Waals surface area contributed by atoms with Gasteiger partial charge in [0.1, 0.15) is 5.82 Å². The number of aryl methyl sites for hydroxylation is 1. The van der Waals surface area contributed by atoms with E-state index in [1.807, 2.05) is 16.9 Å². The Morgan fingerprint density at radius 1 is 1.25 bits per heavy atom. The van der Waals surface area contributed by atoms with Crippen molar-refractivity contribution in [3.05, 3.63) is 12.3 Å². The third kappa shape index (κ3) is 5.75. The van der Waals surface area contributed by atoms with Crippen LogP contribution in [-0.2, 0) is 11.3 Å². The molecule has 92 valence electrons. The van der Waals surface area contributed by atoms with Crippen molar-refractivity contribution in [3.63, 3.8) is 0 Å². The van der Waals surface area contributed by atoms with Crippen LogP contribution in [-0.4, -0.2) is 23.0 Å². The molecule has 4 heteroatoms. The van der Waals surface area contributed by atoms with E-state index in [9.17, 15) is 0 Å². The smallest absolute Gasteiger partial charge is 0.145 e. The zero-order valence-corrected chi connectivity index (χ0v) is 10.2. The number of hydrogen-bond donors (Lipinski definition) is 1. The minimum atomic E-state index is 0.584. The zero-order chi connectivity index (χ0) is 11.6. The first-order chi connectivity index (χ1) is 7.83. The molecule has 1 aromatic heterocycles. The van der Waals surface area contributed by atoms with Gasteiger partial charge in [-0.15, -0.1) is 0 Å². The molecule has 1 heterocycles. The number of nitrogens with zero attached hydrogens (tertiary/aromatic N) is 2. The zero-order valence-electron chi connectivity index (χ0n) is 10.2. The Balaban J connectivity index is 1.88. The molecule has 1 rings (SSSR count). The number of nitrogen functional groups attached to an aromatic ring is 1. The molecule has 4 nitrogen and oxygen atoms in total. The molecule has 0 fully saturated rings. The standard InChI is InChI=1S/C12H23N3O/c1-2-3-4-5-10-16-11-6-8-15-9-7-12(13)14-15/h7,9H,2-6,8,10-11H2,1H3,(H2,13,14). The van der Waals surface area contributed by atoms with Crippen LogP contribution in [0, 0.1) is 0 Å². The molecule has 0 unspecified atom stereocenters. The van der Waals surface area contributed by atoms with E-state index in [1.165, 1.54) is 25.7 Å². The molecular weight excluding hydrogens is 202 g/mol. The highest BCUT2D eigenvalue weighted by molar-refractivity contribution is 5.23. The van der Waals surface area contributed by atoms with Crippen LogP contribution in [0.5, 0.6) is 0 Å². The molecule has 0 amide bonds. The molecule has 0 aliphatic rings. The van der Waals surface area contributed by atoms with Crippen molar-refractivity contribution in [2.24, 2.45) is 0 Å². The minimum absolute atomic E-state index is 0.584. The monoisotopic (exact) mass is 225 g/mol. The SMILES string of the molecule is CCCCCCOCCCn1ccc(N)n1. The van der Waals surface area contributed by atoms with Gasteiger partial charge in [-0.25, -0.2) is 0 Å². The number of ether oxygens (including phenoxy) is 1. The predicted molar refractivity (Wildman–Crippen MR) is 66.2 cm³/mol. The third-order valence-corrected chi connectivity index (χ3v) is 2.48. The Hall–Kier alpha value is -1.03. The van der Waals surface area contributed by atoms with Crippen LogP contribution in [0.25, 0.3) is 0 Å². The van der Waals surface area contributed by atoms with Gasteiger partial charge in [-0.05, 0) is 18.9 Å². The summed E-state index contributed by atoms with van der Waals surface area (Å²) in [6.45, 7) is 4.80. The van der Waals surface area contributed by atoms with Crippen LogP contribution in [0.1, 0.15) is 39.0 Å². The fourth-order valence-electron chi connectivity index (χ4n) is 1.56. The van der Waals surface area contributed by atoms with Crippen molar-refractivity contribution in [2.45, 2.75) is 45.6 Å². The quantitative estimate of drug-likeness (QED) is 0.657. The van der Waals surface area contributed by atoms with Crippen LogP contribution in [0.15, 0.2) is 12.3 Å². The fraction of sp³-hybridized carbons (Fsp3) is 0.750. The lowest BCUT2D eigenvalue weighted by molar-refractivity contribution is 0.124. The first kappa shape index (κ1) is 13.0. The Kier molecular flexibility index (Phi) is 6.65. The van der Waals surface area contributed by atoms with E-state index in [-0.39, 0.29) is 0 Å². The fourth-order valence-corrected chi connectivity index (χ4v) is 1.56. The van der Waals surface area contributed by atoms with Crippen molar-refractivity contribution in [2.75, 3.05) is 18.9 Å². The largest absolute Gasteiger partial charge is 0.382 e. The van der Waals surface area contributed by atoms with Crippen molar-refractivity contribution >= 4 is 5.82 Å². The number of aromatic nitrogens is 2. The van der Waals surface area contributed by atoms with Gasteiger partial charge in [-0.3, -0.25) is 4.68 Å². The minimum Gasteiger partial charge on any atom is -0.382 e. The van der Waals surface area contributed by atoms with Crippen molar-refractivity contribution in [1.82, 2.24) is 9.78 Å². The maximum absolute atomic E-state index is 5.54. The van der Waals surface area contributed by atoms with E-state index >= 15 is 0 Å². The van der Waals surface area contributed by atoms with Gasteiger partial charge >= 0.3 is 0 Å². The van der Waals surface area contributed by atoms with E-state index in [4.69, 9.17) is 10.5 Å². The van der Waals surface area contributed by atoms with Crippen LogP contribution in [0.4, 0.5) is 5.82 Å². The van der Waals surface area contributed by atoms with Crippen molar-refractivity contribution in [1.29, 1.82) is 0 Å². The summed E-state index contributed by atoms with van der Waals surface area (Å²) < 4.78 is 7.39. The van der Waals surface area contributed by atoms with Gasteiger partial charge in [-0.2, -0.15) is 5.10 Å². The maximum atomic E-state index is 5.54. The van der Waals surface area contributed by atoms with Gasteiger partial charge in [-0.1, -0.05) is 26.2 Å². The summed E-state index contributed by atoms with van der Waals surface area (Å²) in [5.74, 6) is 0.584. The lowest BCUT2D eigenvalue weighted by Gasteiger charge is -2.04. The molecule has 0 atom stereocenters. The van der Waals surface area contributed by atoms with E-state index in [1.54, 1.807) is 0 Å². The second-order valence-corrected chi connectivity index (χ2v) is 4.03. The summed E-state index contributed by atoms with van der Waals surface area (Å²) >= 11 is 0. The third-order valence-electron chi connectivity index (χ3n) is 2.48. The van der Waals surface area contributed by atoms with Crippen molar-refractivity contribution in [3.8, 4) is 0 Å². The molecule has 0 aromatic carbocycles. The van der Waals surface area contributed by atoms with E-state index in [2.05, 4.69) is 12.0 Å². The average Bonchev–Trinajstić information content (AvgIpc) is 2.68. The molecule has 0 radical (unpaired) electrons. The Bertz CT molecular complexity index is 273. The molecule has 0 saturated carbocycles. The summed E-state index contributed by atoms with van der Waals surface area (Å²) in [6.07, 6.45) is 7.96. The van der Waals surface area contributed by atoms with Gasteiger partial charge in [0.25, 0.3) is 0 Å². The second-order valence-electron chi connectivity index (χ2n) is 4.03. The highest BCUT2D eigenvalue weighted by Gasteiger charge is 1.94. The number of unbranched alkanes of at least 4 members (excludes halogenated alkanes) is 3. The lowest BCUT2D eigenvalue weighted by Crippen LogP contribution is -2.04. The van der Waals surface area contributed by atoms with Crippen LogP contribution >= 0.6 is 0 Å². The summed E-state index contributed by atoms with van der Waals surface area (Å²) in [5, 5.41) is 4.11.